The first kappa shape index (κ1) is 19.6. The molecule has 2 unspecified atom stereocenters. The van der Waals surface area contributed by atoms with Gasteiger partial charge in [-0.05, 0) is 50.0 Å². The maximum Gasteiger partial charge on any atom is 0.450 e. The van der Waals surface area contributed by atoms with Crippen LogP contribution in [0.5, 0.6) is 0 Å². The van der Waals surface area contributed by atoms with Gasteiger partial charge in [0.15, 0.2) is 0 Å². The number of thiophene rings is 1. The third-order valence-electron chi connectivity index (χ3n) is 5.85. The zero-order chi connectivity index (χ0) is 20.1. The van der Waals surface area contributed by atoms with Gasteiger partial charge in [0.2, 0.25) is 5.78 Å². The highest BCUT2D eigenvalue weighted by Gasteiger charge is 2.42. The number of alkyl halides is 3. The zero-order valence-corrected chi connectivity index (χ0v) is 16.9. The van der Waals surface area contributed by atoms with Gasteiger partial charge in [-0.1, -0.05) is 13.3 Å². The summed E-state index contributed by atoms with van der Waals surface area (Å²) in [5, 5.41) is 0.993. The summed E-state index contributed by atoms with van der Waals surface area (Å²) in [6.07, 6.45) is 1.86. The quantitative estimate of drug-likeness (QED) is 0.680. The number of aromatic nitrogens is 2. The van der Waals surface area contributed by atoms with Gasteiger partial charge in [0.05, 0.1) is 11.8 Å². The monoisotopic (exact) mass is 411 g/mol. The van der Waals surface area contributed by atoms with Crippen LogP contribution >= 0.6 is 11.3 Å². The van der Waals surface area contributed by atoms with Crippen LogP contribution < -0.4 is 4.90 Å². The van der Waals surface area contributed by atoms with Crippen LogP contribution in [0.15, 0.2) is 0 Å². The highest BCUT2D eigenvalue weighted by atomic mass is 32.1. The predicted molar refractivity (Wildman–Crippen MR) is 104 cm³/mol. The van der Waals surface area contributed by atoms with Crippen LogP contribution in [-0.2, 0) is 24.1 Å². The third-order valence-corrected chi connectivity index (χ3v) is 7.04. The molecular formula is C20H24F3N3OS. The molecule has 0 aromatic carbocycles. The molecule has 2 aromatic rings. The van der Waals surface area contributed by atoms with Crippen LogP contribution in [0.3, 0.4) is 0 Å². The molecule has 2 atom stereocenters. The summed E-state index contributed by atoms with van der Waals surface area (Å²) >= 11 is 1.55. The highest BCUT2D eigenvalue weighted by molar-refractivity contribution is 7.19. The minimum atomic E-state index is -4.86. The summed E-state index contributed by atoms with van der Waals surface area (Å²) in [5.74, 6) is -0.507. The molecule has 4 rings (SSSR count). The van der Waals surface area contributed by atoms with Gasteiger partial charge in [-0.2, -0.15) is 13.2 Å². The lowest BCUT2D eigenvalue weighted by molar-refractivity contribution is -0.170. The number of nitrogens with zero attached hydrogens (tertiary/aromatic N) is 3. The summed E-state index contributed by atoms with van der Waals surface area (Å²) in [7, 11) is 1.98. The van der Waals surface area contributed by atoms with Crippen molar-refractivity contribution in [1.29, 1.82) is 0 Å². The van der Waals surface area contributed by atoms with Crippen molar-refractivity contribution in [3.63, 3.8) is 0 Å². The lowest BCUT2D eigenvalue weighted by Crippen LogP contribution is -2.27. The number of halogens is 3. The number of carbonyl (C=O) groups excluding carboxylic acids is 1. The minimum absolute atomic E-state index is 0.0250. The molecule has 8 heteroatoms. The van der Waals surface area contributed by atoms with E-state index in [-0.39, 0.29) is 5.82 Å². The molecule has 0 aliphatic heterocycles. The highest BCUT2D eigenvalue weighted by Crippen LogP contribution is 2.45. The molecule has 152 valence electrons. The first-order chi connectivity index (χ1) is 13.3. The third kappa shape index (κ3) is 3.63. The molecule has 0 saturated heterocycles. The van der Waals surface area contributed by atoms with E-state index < -0.39 is 18.4 Å². The largest absolute Gasteiger partial charge is 0.450 e. The Morgan fingerprint density at radius 2 is 2.00 bits per heavy atom. The van der Waals surface area contributed by atoms with Crippen molar-refractivity contribution in [1.82, 2.24) is 9.97 Å². The Kier molecular flexibility index (Phi) is 5.10. The van der Waals surface area contributed by atoms with E-state index in [1.807, 2.05) is 7.05 Å². The van der Waals surface area contributed by atoms with E-state index in [0.717, 1.165) is 55.2 Å². The van der Waals surface area contributed by atoms with Crippen molar-refractivity contribution in [3.8, 4) is 0 Å². The van der Waals surface area contributed by atoms with Gasteiger partial charge in [0.25, 0.3) is 0 Å². The van der Waals surface area contributed by atoms with Gasteiger partial charge in [0, 0.05) is 18.0 Å². The predicted octanol–water partition coefficient (Wildman–Crippen LogP) is 4.87. The summed E-state index contributed by atoms with van der Waals surface area (Å²) in [4.78, 5) is 24.5. The van der Waals surface area contributed by atoms with Crippen molar-refractivity contribution in [2.45, 2.75) is 70.5 Å². The molecule has 2 aliphatic rings. The van der Waals surface area contributed by atoms with E-state index in [9.17, 15) is 18.0 Å². The van der Waals surface area contributed by atoms with Gasteiger partial charge >= 0.3 is 6.18 Å². The number of Topliss-reactive ketones (excluding diaryl/α,β-unsaturated/α-hetero) is 1. The van der Waals surface area contributed by atoms with Crippen molar-refractivity contribution in [2.24, 2.45) is 5.92 Å². The second kappa shape index (κ2) is 7.28. The van der Waals surface area contributed by atoms with Gasteiger partial charge in [-0.25, -0.2) is 9.97 Å². The maximum absolute atomic E-state index is 12.8. The Morgan fingerprint density at radius 1 is 1.25 bits per heavy atom. The summed E-state index contributed by atoms with van der Waals surface area (Å²) in [6, 6.07) is 0.364. The number of rotatable bonds is 6. The number of anilines is 1. The van der Waals surface area contributed by atoms with Gasteiger partial charge in [-0.15, -0.1) is 11.3 Å². The molecule has 0 N–H and O–H groups in total. The molecule has 2 heterocycles. The average molecular weight is 411 g/mol. The second-order valence-corrected chi connectivity index (χ2v) is 9.00. The Balaban J connectivity index is 1.76. The van der Waals surface area contributed by atoms with Gasteiger partial charge < -0.3 is 4.90 Å². The van der Waals surface area contributed by atoms with E-state index in [2.05, 4.69) is 21.8 Å². The van der Waals surface area contributed by atoms with E-state index in [4.69, 9.17) is 0 Å². The summed E-state index contributed by atoms with van der Waals surface area (Å²) < 4.78 is 38.3. The molecule has 2 aromatic heterocycles. The molecular weight excluding hydrogens is 387 g/mol. The van der Waals surface area contributed by atoms with E-state index in [1.54, 1.807) is 11.3 Å². The fraction of sp³-hybridized carbons (Fsp3) is 0.650. The van der Waals surface area contributed by atoms with Crippen molar-refractivity contribution in [2.75, 3.05) is 11.9 Å². The molecule has 0 bridgehead atoms. The van der Waals surface area contributed by atoms with Crippen LogP contribution in [0.25, 0.3) is 10.2 Å². The topological polar surface area (TPSA) is 46.1 Å². The summed E-state index contributed by atoms with van der Waals surface area (Å²) in [6.45, 7) is 2.16. The average Bonchev–Trinajstić information content (AvgIpc) is 3.30. The number of ketones is 1. The Bertz CT molecular complexity index is 908. The van der Waals surface area contributed by atoms with Crippen molar-refractivity contribution in [3.05, 3.63) is 16.3 Å². The fourth-order valence-electron chi connectivity index (χ4n) is 4.30. The molecule has 4 nitrogen and oxygen atoms in total. The molecule has 0 radical (unpaired) electrons. The number of fused-ring (bicyclic) bond motifs is 3. The van der Waals surface area contributed by atoms with Gasteiger partial charge in [0.1, 0.15) is 16.5 Å². The van der Waals surface area contributed by atoms with Crippen LogP contribution in [0.4, 0.5) is 19.0 Å². The molecule has 28 heavy (non-hydrogen) atoms. The van der Waals surface area contributed by atoms with Crippen LogP contribution in [-0.4, -0.2) is 35.0 Å². The molecule has 1 fully saturated rings. The molecule has 0 spiro atoms. The fourth-order valence-corrected chi connectivity index (χ4v) is 5.58. The standard InChI is InChI=1S/C20H24F3N3OS/c1-3-6-11-9-13(11)26(2)18-17-12-7-4-5-8-14(12)28-19(17)25-16(24-18)10-15(27)20(21,22)23/h11,13H,3-10H2,1-2H3. The zero-order valence-electron chi connectivity index (χ0n) is 16.1. The van der Waals surface area contributed by atoms with Crippen LogP contribution in [0.1, 0.15) is 55.3 Å². The first-order valence-corrected chi connectivity index (χ1v) is 10.7. The van der Waals surface area contributed by atoms with Crippen LogP contribution in [0.2, 0.25) is 0 Å². The number of carbonyl (C=O) groups is 1. The normalized spacial score (nSPS) is 21.6. The first-order valence-electron chi connectivity index (χ1n) is 9.93. The Labute approximate surface area is 166 Å². The lowest BCUT2D eigenvalue weighted by atomic mass is 9.97. The maximum atomic E-state index is 12.8. The van der Waals surface area contributed by atoms with Crippen LogP contribution in [0, 0.1) is 5.92 Å². The molecule has 2 aliphatic carbocycles. The number of hydrogen-bond acceptors (Lipinski definition) is 5. The number of aryl methyl sites for hydroxylation is 2. The second-order valence-electron chi connectivity index (χ2n) is 7.91. The minimum Gasteiger partial charge on any atom is -0.356 e. The van der Waals surface area contributed by atoms with Crippen molar-refractivity contribution >= 4 is 33.2 Å². The van der Waals surface area contributed by atoms with E-state index in [1.165, 1.54) is 10.4 Å². The Hall–Kier alpha value is -1.70. The molecule has 0 amide bonds. The smallest absolute Gasteiger partial charge is 0.356 e. The number of hydrogen-bond donors (Lipinski definition) is 0. The Morgan fingerprint density at radius 3 is 2.71 bits per heavy atom. The molecule has 1 saturated carbocycles. The van der Waals surface area contributed by atoms with Gasteiger partial charge in [-0.3, -0.25) is 4.79 Å². The summed E-state index contributed by atoms with van der Waals surface area (Å²) in [5.41, 5.74) is 1.26. The van der Waals surface area contributed by atoms with E-state index >= 15 is 0 Å². The SMILES string of the molecule is CCCC1CC1N(C)c1nc(CC(=O)C(F)(F)F)nc2sc3c(c12)CCCC3. The lowest BCUT2D eigenvalue weighted by Gasteiger charge is -2.21. The van der Waals surface area contributed by atoms with E-state index in [0.29, 0.717) is 17.8 Å². The van der Waals surface area contributed by atoms with Crippen molar-refractivity contribution < 1.29 is 18.0 Å².